The predicted octanol–water partition coefficient (Wildman–Crippen LogP) is 3.76. The minimum Gasteiger partial charge on any atom is -0.478 e. The highest BCUT2D eigenvalue weighted by molar-refractivity contribution is 5.85. The molecule has 0 aliphatic heterocycles. The molecule has 90 valence electrons. The van der Waals surface area contributed by atoms with E-state index < -0.39 is 5.97 Å². The fourth-order valence-electron chi connectivity index (χ4n) is 1.87. The van der Waals surface area contributed by atoms with Crippen molar-refractivity contribution in [2.75, 3.05) is 0 Å². The van der Waals surface area contributed by atoms with E-state index in [0.717, 1.165) is 17.2 Å². The van der Waals surface area contributed by atoms with Crippen molar-refractivity contribution in [3.63, 3.8) is 0 Å². The van der Waals surface area contributed by atoms with Crippen LogP contribution in [0.3, 0.4) is 0 Å². The Kier molecular flexibility index (Phi) is 3.58. The SMILES string of the molecule is Cc1ccccc1-c1cccc(C=CC(=O)O)c1. The molecule has 18 heavy (non-hydrogen) atoms. The summed E-state index contributed by atoms with van der Waals surface area (Å²) in [6.07, 6.45) is 2.75. The van der Waals surface area contributed by atoms with E-state index in [0.29, 0.717) is 0 Å². The van der Waals surface area contributed by atoms with E-state index in [1.54, 1.807) is 6.08 Å². The standard InChI is InChI=1S/C16H14O2/c1-12-5-2-3-8-15(12)14-7-4-6-13(11-14)9-10-16(17)18/h2-11H,1H3,(H,17,18). The molecule has 0 fully saturated rings. The molecule has 0 radical (unpaired) electrons. The van der Waals surface area contributed by atoms with Gasteiger partial charge in [0, 0.05) is 6.08 Å². The zero-order valence-electron chi connectivity index (χ0n) is 10.1. The van der Waals surface area contributed by atoms with Crippen LogP contribution in [0.25, 0.3) is 17.2 Å². The van der Waals surface area contributed by atoms with Crippen LogP contribution in [0.5, 0.6) is 0 Å². The summed E-state index contributed by atoms with van der Waals surface area (Å²) in [5.74, 6) is -0.934. The molecule has 0 amide bonds. The molecule has 0 aliphatic rings. The van der Waals surface area contributed by atoms with Crippen molar-refractivity contribution in [2.24, 2.45) is 0 Å². The summed E-state index contributed by atoms with van der Waals surface area (Å²) in [4.78, 5) is 10.5. The Morgan fingerprint density at radius 1 is 1.11 bits per heavy atom. The zero-order chi connectivity index (χ0) is 13.0. The summed E-state index contributed by atoms with van der Waals surface area (Å²) >= 11 is 0. The van der Waals surface area contributed by atoms with Crippen LogP contribution in [-0.4, -0.2) is 11.1 Å². The van der Waals surface area contributed by atoms with Gasteiger partial charge in [0.1, 0.15) is 0 Å². The van der Waals surface area contributed by atoms with Gasteiger partial charge < -0.3 is 5.11 Å². The Morgan fingerprint density at radius 2 is 1.89 bits per heavy atom. The van der Waals surface area contributed by atoms with Gasteiger partial charge in [-0.25, -0.2) is 4.79 Å². The van der Waals surface area contributed by atoms with Gasteiger partial charge in [-0.05, 0) is 41.3 Å². The normalized spacial score (nSPS) is 10.7. The highest BCUT2D eigenvalue weighted by Crippen LogP contribution is 2.24. The lowest BCUT2D eigenvalue weighted by Crippen LogP contribution is -1.86. The molecular weight excluding hydrogens is 224 g/mol. The molecule has 2 nitrogen and oxygen atoms in total. The maximum atomic E-state index is 10.5. The van der Waals surface area contributed by atoms with E-state index in [1.165, 1.54) is 11.1 Å². The maximum absolute atomic E-state index is 10.5. The first kappa shape index (κ1) is 12.1. The Hall–Kier alpha value is -2.35. The van der Waals surface area contributed by atoms with Crippen molar-refractivity contribution in [1.82, 2.24) is 0 Å². The second kappa shape index (κ2) is 5.32. The number of carboxylic acid groups (broad SMARTS) is 1. The molecule has 2 rings (SSSR count). The molecule has 0 spiro atoms. The fraction of sp³-hybridized carbons (Fsp3) is 0.0625. The smallest absolute Gasteiger partial charge is 0.328 e. The predicted molar refractivity (Wildman–Crippen MR) is 73.3 cm³/mol. The quantitative estimate of drug-likeness (QED) is 0.827. The molecule has 1 N–H and O–H groups in total. The highest BCUT2D eigenvalue weighted by atomic mass is 16.4. The van der Waals surface area contributed by atoms with Crippen LogP contribution >= 0.6 is 0 Å². The van der Waals surface area contributed by atoms with Gasteiger partial charge in [0.15, 0.2) is 0 Å². The number of carboxylic acids is 1. The third-order valence-electron chi connectivity index (χ3n) is 2.76. The van der Waals surface area contributed by atoms with Crippen LogP contribution in [0.1, 0.15) is 11.1 Å². The third kappa shape index (κ3) is 2.86. The molecule has 0 aromatic heterocycles. The molecule has 0 heterocycles. The number of benzene rings is 2. The molecule has 0 aliphatic carbocycles. The molecule has 0 unspecified atom stereocenters. The molecular formula is C16H14O2. The lowest BCUT2D eigenvalue weighted by Gasteiger charge is -2.06. The first-order chi connectivity index (χ1) is 8.66. The highest BCUT2D eigenvalue weighted by Gasteiger charge is 2.00. The zero-order valence-corrected chi connectivity index (χ0v) is 10.1. The summed E-state index contributed by atoms with van der Waals surface area (Å²) in [5, 5.41) is 8.62. The molecule has 0 atom stereocenters. The van der Waals surface area contributed by atoms with Crippen LogP contribution in [0.2, 0.25) is 0 Å². The average molecular weight is 238 g/mol. The number of carbonyl (C=O) groups is 1. The van der Waals surface area contributed by atoms with E-state index in [1.807, 2.05) is 36.4 Å². The van der Waals surface area contributed by atoms with Crippen molar-refractivity contribution < 1.29 is 9.90 Å². The van der Waals surface area contributed by atoms with Crippen molar-refractivity contribution in [2.45, 2.75) is 6.92 Å². The van der Waals surface area contributed by atoms with Gasteiger partial charge in [-0.15, -0.1) is 0 Å². The molecule has 0 saturated heterocycles. The Labute approximate surface area is 106 Å². The van der Waals surface area contributed by atoms with Crippen molar-refractivity contribution in [1.29, 1.82) is 0 Å². The number of hydrogen-bond donors (Lipinski definition) is 1. The van der Waals surface area contributed by atoms with Crippen molar-refractivity contribution in [3.05, 3.63) is 65.7 Å². The Bertz CT molecular complexity index is 598. The number of aryl methyl sites for hydroxylation is 1. The summed E-state index contributed by atoms with van der Waals surface area (Å²) in [6.45, 7) is 2.06. The van der Waals surface area contributed by atoms with Crippen molar-refractivity contribution in [3.8, 4) is 11.1 Å². The Morgan fingerprint density at radius 3 is 2.61 bits per heavy atom. The first-order valence-corrected chi connectivity index (χ1v) is 5.74. The van der Waals surface area contributed by atoms with E-state index in [9.17, 15) is 4.79 Å². The number of aliphatic carboxylic acids is 1. The lowest BCUT2D eigenvalue weighted by molar-refractivity contribution is -0.131. The second-order valence-corrected chi connectivity index (χ2v) is 4.11. The first-order valence-electron chi connectivity index (χ1n) is 5.74. The van der Waals surface area contributed by atoms with Gasteiger partial charge >= 0.3 is 5.97 Å². The number of hydrogen-bond acceptors (Lipinski definition) is 1. The molecule has 0 bridgehead atoms. The monoisotopic (exact) mass is 238 g/mol. The van der Waals surface area contributed by atoms with Crippen molar-refractivity contribution >= 4 is 12.0 Å². The molecule has 2 heteroatoms. The fourth-order valence-corrected chi connectivity index (χ4v) is 1.87. The molecule has 0 saturated carbocycles. The van der Waals surface area contributed by atoms with Gasteiger partial charge in [-0.1, -0.05) is 42.5 Å². The summed E-state index contributed by atoms with van der Waals surface area (Å²) in [5.41, 5.74) is 4.36. The van der Waals surface area contributed by atoms with Crippen LogP contribution in [0.15, 0.2) is 54.6 Å². The Balaban J connectivity index is 2.39. The topological polar surface area (TPSA) is 37.3 Å². The average Bonchev–Trinajstić information content (AvgIpc) is 2.37. The van der Waals surface area contributed by atoms with Crippen LogP contribution in [0.4, 0.5) is 0 Å². The van der Waals surface area contributed by atoms with Gasteiger partial charge in [0.05, 0.1) is 0 Å². The number of rotatable bonds is 3. The van der Waals surface area contributed by atoms with E-state index in [-0.39, 0.29) is 0 Å². The van der Waals surface area contributed by atoms with Gasteiger partial charge in [0.25, 0.3) is 0 Å². The van der Waals surface area contributed by atoms with Crippen LogP contribution < -0.4 is 0 Å². The largest absolute Gasteiger partial charge is 0.478 e. The van der Waals surface area contributed by atoms with Crippen LogP contribution in [0, 0.1) is 6.92 Å². The summed E-state index contributed by atoms with van der Waals surface area (Å²) in [6, 6.07) is 16.0. The second-order valence-electron chi connectivity index (χ2n) is 4.11. The minimum absolute atomic E-state index is 0.887. The van der Waals surface area contributed by atoms with E-state index >= 15 is 0 Å². The summed E-state index contributed by atoms with van der Waals surface area (Å²) < 4.78 is 0. The van der Waals surface area contributed by atoms with Crippen LogP contribution in [-0.2, 0) is 4.79 Å². The maximum Gasteiger partial charge on any atom is 0.328 e. The minimum atomic E-state index is -0.934. The van der Waals surface area contributed by atoms with E-state index in [2.05, 4.69) is 19.1 Å². The van der Waals surface area contributed by atoms with Gasteiger partial charge in [0.2, 0.25) is 0 Å². The van der Waals surface area contributed by atoms with E-state index in [4.69, 9.17) is 5.11 Å². The molecule has 2 aromatic rings. The molecule has 2 aromatic carbocycles. The third-order valence-corrected chi connectivity index (χ3v) is 2.76. The lowest BCUT2D eigenvalue weighted by atomic mass is 9.99. The van der Waals surface area contributed by atoms with Gasteiger partial charge in [-0.2, -0.15) is 0 Å². The summed E-state index contributed by atoms with van der Waals surface area (Å²) in [7, 11) is 0. The van der Waals surface area contributed by atoms with Gasteiger partial charge in [-0.3, -0.25) is 0 Å².